The van der Waals surface area contributed by atoms with Crippen molar-refractivity contribution in [2.45, 2.75) is 6.54 Å². The second kappa shape index (κ2) is 11.2. The molecule has 6 heterocycles. The molecule has 41 heavy (non-hydrogen) atoms. The first-order valence-electron chi connectivity index (χ1n) is 13.1. The lowest BCUT2D eigenvalue weighted by Gasteiger charge is -2.26. The standard InChI is InChI=1S/C28H28N10O3/c1-29-26-23(20-13-30-14-21-22(20)33-16-37(21)2)34-24(28(39)40)27(36-26)35-25-19(4-3-7-31-25)17-5-6-18(32-12-17)15-38-8-10-41-11-9-38/h3-7,12-14,16H,8-11,15H2,1-2H3,(H,39,40)(H2,29,31,35,36). The molecule has 0 spiro atoms. The molecule has 0 aromatic carbocycles. The Hall–Kier alpha value is -5.01. The van der Waals surface area contributed by atoms with Crippen LogP contribution in [0.1, 0.15) is 16.2 Å². The van der Waals surface area contributed by atoms with Gasteiger partial charge in [-0.2, -0.15) is 0 Å². The Bertz CT molecular complexity index is 1710. The highest BCUT2D eigenvalue weighted by Gasteiger charge is 2.23. The number of morpholine rings is 1. The van der Waals surface area contributed by atoms with Crippen LogP contribution in [0.3, 0.4) is 0 Å². The molecule has 0 atom stereocenters. The maximum atomic E-state index is 12.4. The zero-order chi connectivity index (χ0) is 28.3. The van der Waals surface area contributed by atoms with E-state index in [9.17, 15) is 9.90 Å². The van der Waals surface area contributed by atoms with Crippen LogP contribution in [0.2, 0.25) is 0 Å². The van der Waals surface area contributed by atoms with E-state index in [1.807, 2.05) is 35.9 Å². The number of nitrogens with zero attached hydrogens (tertiary/aromatic N) is 8. The third kappa shape index (κ3) is 5.27. The van der Waals surface area contributed by atoms with Crippen molar-refractivity contribution < 1.29 is 14.6 Å². The van der Waals surface area contributed by atoms with Gasteiger partial charge >= 0.3 is 5.97 Å². The van der Waals surface area contributed by atoms with Crippen LogP contribution >= 0.6 is 0 Å². The molecule has 1 aliphatic rings. The molecule has 0 saturated carbocycles. The zero-order valence-electron chi connectivity index (χ0n) is 22.6. The molecule has 0 unspecified atom stereocenters. The first-order chi connectivity index (χ1) is 20.0. The highest BCUT2D eigenvalue weighted by Crippen LogP contribution is 2.34. The summed E-state index contributed by atoms with van der Waals surface area (Å²) in [6.07, 6.45) is 8.39. The van der Waals surface area contributed by atoms with Crippen LogP contribution in [0.25, 0.3) is 33.4 Å². The Morgan fingerprint density at radius 2 is 1.85 bits per heavy atom. The third-order valence-electron chi connectivity index (χ3n) is 6.90. The fourth-order valence-electron chi connectivity index (χ4n) is 4.77. The van der Waals surface area contributed by atoms with Gasteiger partial charge in [0.05, 0.1) is 42.5 Å². The van der Waals surface area contributed by atoms with Gasteiger partial charge in [-0.1, -0.05) is 6.07 Å². The predicted octanol–water partition coefficient (Wildman–Crippen LogP) is 3.20. The van der Waals surface area contributed by atoms with Crippen LogP contribution in [0.4, 0.5) is 17.5 Å². The van der Waals surface area contributed by atoms with Crippen LogP contribution in [0.5, 0.6) is 0 Å². The first-order valence-corrected chi connectivity index (χ1v) is 13.1. The van der Waals surface area contributed by atoms with Crippen molar-refractivity contribution >= 4 is 34.5 Å². The van der Waals surface area contributed by atoms with Crippen molar-refractivity contribution in [2.24, 2.45) is 7.05 Å². The number of hydrogen-bond acceptors (Lipinski definition) is 11. The lowest BCUT2D eigenvalue weighted by molar-refractivity contribution is 0.0336. The molecule has 1 saturated heterocycles. The second-order valence-corrected chi connectivity index (χ2v) is 9.53. The minimum Gasteiger partial charge on any atom is -0.476 e. The largest absolute Gasteiger partial charge is 0.476 e. The molecule has 1 fully saturated rings. The van der Waals surface area contributed by atoms with E-state index < -0.39 is 5.97 Å². The van der Waals surface area contributed by atoms with Crippen LogP contribution in [-0.4, -0.2) is 83.8 Å². The van der Waals surface area contributed by atoms with Crippen molar-refractivity contribution in [2.75, 3.05) is 44.0 Å². The number of fused-ring (bicyclic) bond motifs is 1. The van der Waals surface area contributed by atoms with Crippen molar-refractivity contribution in [1.29, 1.82) is 0 Å². The zero-order valence-corrected chi connectivity index (χ0v) is 22.6. The molecule has 6 rings (SSSR count). The topological polar surface area (TPSA) is 156 Å². The van der Waals surface area contributed by atoms with Crippen molar-refractivity contribution in [3.63, 3.8) is 0 Å². The highest BCUT2D eigenvalue weighted by molar-refractivity contribution is 5.97. The number of ether oxygens (including phenoxy) is 1. The summed E-state index contributed by atoms with van der Waals surface area (Å²) < 4.78 is 7.26. The minimum atomic E-state index is -1.24. The van der Waals surface area contributed by atoms with Crippen LogP contribution in [0, 0.1) is 0 Å². The van der Waals surface area contributed by atoms with Crippen LogP contribution in [0.15, 0.2) is 55.4 Å². The lowest BCUT2D eigenvalue weighted by atomic mass is 10.1. The number of aromatic nitrogens is 7. The summed E-state index contributed by atoms with van der Waals surface area (Å²) in [6, 6.07) is 7.68. The number of aromatic carboxylic acids is 1. The van der Waals surface area contributed by atoms with E-state index in [1.54, 1.807) is 38.2 Å². The summed E-state index contributed by atoms with van der Waals surface area (Å²) in [5.74, 6) is -0.403. The minimum absolute atomic E-state index is 0.0450. The molecule has 0 amide bonds. The number of rotatable bonds is 8. The van der Waals surface area contributed by atoms with E-state index in [1.165, 1.54) is 0 Å². The average molecular weight is 553 g/mol. The molecular weight excluding hydrogens is 524 g/mol. The Morgan fingerprint density at radius 3 is 2.61 bits per heavy atom. The van der Waals surface area contributed by atoms with Gasteiger partial charge in [-0.25, -0.2) is 24.7 Å². The van der Waals surface area contributed by atoms with Gasteiger partial charge in [0.15, 0.2) is 17.3 Å². The summed E-state index contributed by atoms with van der Waals surface area (Å²) in [7, 11) is 3.55. The summed E-state index contributed by atoms with van der Waals surface area (Å²) in [4.78, 5) is 41.7. The maximum absolute atomic E-state index is 12.4. The molecular formula is C28H28N10O3. The quantitative estimate of drug-likeness (QED) is 0.259. The van der Waals surface area contributed by atoms with Crippen LogP contribution < -0.4 is 10.6 Å². The second-order valence-electron chi connectivity index (χ2n) is 9.53. The Balaban J connectivity index is 1.34. The van der Waals surface area contributed by atoms with E-state index in [0.717, 1.165) is 55.2 Å². The van der Waals surface area contributed by atoms with E-state index >= 15 is 0 Å². The van der Waals surface area contributed by atoms with Gasteiger partial charge in [-0.3, -0.25) is 14.9 Å². The Morgan fingerprint density at radius 1 is 1.00 bits per heavy atom. The van der Waals surface area contributed by atoms with Gasteiger partial charge in [0.25, 0.3) is 0 Å². The third-order valence-corrected chi connectivity index (χ3v) is 6.90. The molecule has 5 aromatic rings. The number of pyridine rings is 3. The highest BCUT2D eigenvalue weighted by atomic mass is 16.5. The number of anilines is 3. The average Bonchev–Trinajstić information content (AvgIpc) is 3.39. The number of imidazole rings is 1. The SMILES string of the molecule is CNc1nc(Nc2ncccc2-c2ccc(CN3CCOCC3)nc2)c(C(=O)O)nc1-c1cncc2c1ncn2C. The van der Waals surface area contributed by atoms with Gasteiger partial charge in [0.2, 0.25) is 0 Å². The van der Waals surface area contributed by atoms with Crippen molar-refractivity contribution in [1.82, 2.24) is 39.4 Å². The maximum Gasteiger partial charge on any atom is 0.358 e. The molecule has 0 aliphatic carbocycles. The van der Waals surface area contributed by atoms with Crippen molar-refractivity contribution in [3.8, 4) is 22.4 Å². The fraction of sp³-hybridized carbons (Fsp3) is 0.250. The molecule has 13 heteroatoms. The number of nitrogens with one attached hydrogen (secondary N) is 2. The van der Waals surface area contributed by atoms with E-state index in [0.29, 0.717) is 28.4 Å². The van der Waals surface area contributed by atoms with E-state index in [-0.39, 0.29) is 11.5 Å². The molecule has 0 bridgehead atoms. The van der Waals surface area contributed by atoms with Gasteiger partial charge < -0.3 is 25.0 Å². The number of carboxylic acids is 1. The number of carboxylic acid groups (broad SMARTS) is 1. The van der Waals surface area contributed by atoms with E-state index in [4.69, 9.17) is 4.74 Å². The lowest BCUT2D eigenvalue weighted by Crippen LogP contribution is -2.35. The number of hydrogen-bond donors (Lipinski definition) is 3. The molecule has 0 radical (unpaired) electrons. The first kappa shape index (κ1) is 26.2. The fourth-order valence-corrected chi connectivity index (χ4v) is 4.77. The van der Waals surface area contributed by atoms with Crippen molar-refractivity contribution in [3.05, 3.63) is 66.8 Å². The molecule has 3 N–H and O–H groups in total. The molecule has 5 aromatic heterocycles. The summed E-state index contributed by atoms with van der Waals surface area (Å²) in [6.45, 7) is 3.98. The summed E-state index contributed by atoms with van der Waals surface area (Å²) in [5, 5.41) is 16.2. The molecule has 208 valence electrons. The monoisotopic (exact) mass is 552 g/mol. The number of aryl methyl sites for hydroxylation is 1. The molecule has 13 nitrogen and oxygen atoms in total. The number of carbonyl (C=O) groups is 1. The van der Waals surface area contributed by atoms with Crippen LogP contribution in [-0.2, 0) is 18.3 Å². The summed E-state index contributed by atoms with van der Waals surface area (Å²) in [5.41, 5.74) is 4.59. The van der Waals surface area contributed by atoms with Gasteiger partial charge in [-0.05, 0) is 18.2 Å². The van der Waals surface area contributed by atoms with Gasteiger partial charge in [-0.15, -0.1) is 0 Å². The molecule has 1 aliphatic heterocycles. The summed E-state index contributed by atoms with van der Waals surface area (Å²) >= 11 is 0. The predicted molar refractivity (Wildman–Crippen MR) is 153 cm³/mol. The van der Waals surface area contributed by atoms with Gasteiger partial charge in [0.1, 0.15) is 17.0 Å². The Kier molecular flexibility index (Phi) is 7.18. The Labute approximate surface area is 235 Å². The normalized spacial score (nSPS) is 13.8. The van der Waals surface area contributed by atoms with Gasteiger partial charge in [0, 0.05) is 63.4 Å². The van der Waals surface area contributed by atoms with E-state index in [2.05, 4.69) is 45.4 Å². The smallest absolute Gasteiger partial charge is 0.358 e.